The minimum atomic E-state index is -0.347. The van der Waals surface area contributed by atoms with Gasteiger partial charge >= 0.3 is 0 Å². The normalized spacial score (nSPS) is 10.8. The summed E-state index contributed by atoms with van der Waals surface area (Å²) >= 11 is 0. The molecule has 0 aliphatic heterocycles. The topological polar surface area (TPSA) is 59.8 Å². The van der Waals surface area contributed by atoms with Gasteiger partial charge in [-0.15, -0.1) is 0 Å². The number of benzene rings is 2. The van der Waals surface area contributed by atoms with E-state index in [0.29, 0.717) is 6.54 Å². The summed E-state index contributed by atoms with van der Waals surface area (Å²) in [6, 6.07) is 23.6. The van der Waals surface area contributed by atoms with Crippen LogP contribution in [-0.4, -0.2) is 20.7 Å². The quantitative estimate of drug-likeness (QED) is 0.550. The largest absolute Gasteiger partial charge is 0.351 e. The molecular weight excluding hydrogens is 360 g/mol. The fraction of sp³-hybridized carbons (Fsp3) is 0.125. The Labute approximate surface area is 170 Å². The van der Waals surface area contributed by atoms with E-state index in [1.807, 2.05) is 86.0 Å². The minimum absolute atomic E-state index is 0.0289. The zero-order valence-electron chi connectivity index (χ0n) is 16.2. The van der Waals surface area contributed by atoms with Crippen LogP contribution in [0, 0.1) is 0 Å². The van der Waals surface area contributed by atoms with Crippen molar-refractivity contribution in [1.29, 1.82) is 0 Å². The summed E-state index contributed by atoms with van der Waals surface area (Å²) in [5, 5.41) is 7.24. The highest BCUT2D eigenvalue weighted by Gasteiger charge is 2.22. The number of hydrogen-bond donors (Lipinski definition) is 1. The zero-order chi connectivity index (χ0) is 20.1. The Bertz CT molecular complexity index is 1030. The van der Waals surface area contributed by atoms with Crippen molar-refractivity contribution >= 4 is 5.91 Å². The molecular formula is C24H22N4O. The van der Waals surface area contributed by atoms with Crippen LogP contribution in [-0.2, 0) is 18.4 Å². The Hall–Kier alpha value is -3.73. The number of pyridine rings is 1. The summed E-state index contributed by atoms with van der Waals surface area (Å²) < 4.78 is 1.75. The molecule has 0 saturated carbocycles. The molecule has 2 aromatic carbocycles. The summed E-state index contributed by atoms with van der Waals surface area (Å²) in [6.45, 7) is 0.426. The average Bonchev–Trinajstić information content (AvgIpc) is 3.21. The van der Waals surface area contributed by atoms with Crippen LogP contribution in [0.25, 0.3) is 11.3 Å². The maximum atomic E-state index is 13.1. The first-order chi connectivity index (χ1) is 14.2. The van der Waals surface area contributed by atoms with Crippen LogP contribution in [0.5, 0.6) is 0 Å². The third-order valence-corrected chi connectivity index (χ3v) is 4.82. The number of carbonyl (C=O) groups is 1. The Balaban J connectivity index is 1.48. The van der Waals surface area contributed by atoms with E-state index in [9.17, 15) is 4.79 Å². The van der Waals surface area contributed by atoms with Gasteiger partial charge in [0.15, 0.2) is 0 Å². The molecule has 5 nitrogen and oxygen atoms in total. The van der Waals surface area contributed by atoms with Gasteiger partial charge in [-0.2, -0.15) is 5.10 Å². The molecule has 0 unspecified atom stereocenters. The second kappa shape index (κ2) is 8.52. The molecule has 0 aliphatic rings. The lowest BCUT2D eigenvalue weighted by Crippen LogP contribution is -2.29. The van der Waals surface area contributed by atoms with Gasteiger partial charge in [0.25, 0.3) is 0 Å². The number of rotatable bonds is 6. The molecule has 1 amide bonds. The lowest BCUT2D eigenvalue weighted by molar-refractivity contribution is -0.121. The summed E-state index contributed by atoms with van der Waals surface area (Å²) in [5.41, 5.74) is 4.73. The van der Waals surface area contributed by atoms with Crippen molar-refractivity contribution in [3.63, 3.8) is 0 Å². The molecule has 0 radical (unpaired) electrons. The number of aryl methyl sites for hydroxylation is 1. The predicted molar refractivity (Wildman–Crippen MR) is 113 cm³/mol. The fourth-order valence-electron chi connectivity index (χ4n) is 3.33. The van der Waals surface area contributed by atoms with Crippen LogP contribution < -0.4 is 5.32 Å². The highest BCUT2D eigenvalue weighted by atomic mass is 16.1. The second-order valence-corrected chi connectivity index (χ2v) is 6.93. The Morgan fingerprint density at radius 1 is 0.931 bits per heavy atom. The smallest absolute Gasteiger partial charge is 0.232 e. The number of hydrogen-bond acceptors (Lipinski definition) is 3. The van der Waals surface area contributed by atoms with Gasteiger partial charge in [0.2, 0.25) is 5.91 Å². The molecule has 144 valence electrons. The first-order valence-corrected chi connectivity index (χ1v) is 9.52. The first-order valence-electron chi connectivity index (χ1n) is 9.52. The van der Waals surface area contributed by atoms with Crippen molar-refractivity contribution in [3.05, 3.63) is 108 Å². The van der Waals surface area contributed by atoms with Gasteiger partial charge < -0.3 is 5.32 Å². The van der Waals surface area contributed by atoms with Crippen molar-refractivity contribution in [1.82, 2.24) is 20.1 Å². The lowest BCUT2D eigenvalue weighted by Gasteiger charge is -2.18. The van der Waals surface area contributed by atoms with Crippen LogP contribution >= 0.6 is 0 Å². The van der Waals surface area contributed by atoms with Gasteiger partial charge in [0.05, 0.1) is 17.8 Å². The van der Waals surface area contributed by atoms with E-state index in [1.165, 1.54) is 0 Å². The molecule has 4 aromatic rings. The molecule has 0 atom stereocenters. The lowest BCUT2D eigenvalue weighted by atomic mass is 9.90. The summed E-state index contributed by atoms with van der Waals surface area (Å²) in [4.78, 5) is 17.6. The van der Waals surface area contributed by atoms with Gasteiger partial charge in [0.1, 0.15) is 0 Å². The third kappa shape index (κ3) is 4.41. The van der Waals surface area contributed by atoms with Gasteiger partial charge in [-0.05, 0) is 22.8 Å². The molecule has 0 fully saturated rings. The van der Waals surface area contributed by atoms with E-state index in [-0.39, 0.29) is 11.8 Å². The monoisotopic (exact) mass is 382 g/mol. The number of carbonyl (C=O) groups excluding carboxylic acids is 1. The maximum Gasteiger partial charge on any atom is 0.232 e. The van der Waals surface area contributed by atoms with E-state index < -0.39 is 0 Å². The van der Waals surface area contributed by atoms with E-state index in [0.717, 1.165) is 27.9 Å². The average molecular weight is 382 g/mol. The van der Waals surface area contributed by atoms with Crippen LogP contribution in [0.2, 0.25) is 0 Å². The Kier molecular flexibility index (Phi) is 5.47. The SMILES string of the molecule is Cn1cc(-c2ccc(CNC(=O)C(c3ccccc3)c3ccccc3)cn2)cn1. The highest BCUT2D eigenvalue weighted by molar-refractivity contribution is 5.87. The summed E-state index contributed by atoms with van der Waals surface area (Å²) in [5.74, 6) is -0.376. The highest BCUT2D eigenvalue weighted by Crippen LogP contribution is 2.25. The van der Waals surface area contributed by atoms with E-state index in [1.54, 1.807) is 17.1 Å². The zero-order valence-corrected chi connectivity index (χ0v) is 16.2. The number of amides is 1. The molecule has 0 bridgehead atoms. The molecule has 1 N–H and O–H groups in total. The number of nitrogens with one attached hydrogen (secondary N) is 1. The Morgan fingerprint density at radius 2 is 1.59 bits per heavy atom. The van der Waals surface area contributed by atoms with Gasteiger partial charge in [0, 0.05) is 31.5 Å². The van der Waals surface area contributed by atoms with Gasteiger partial charge in [-0.25, -0.2) is 0 Å². The minimum Gasteiger partial charge on any atom is -0.351 e. The van der Waals surface area contributed by atoms with E-state index in [4.69, 9.17) is 0 Å². The van der Waals surface area contributed by atoms with Gasteiger partial charge in [-0.3, -0.25) is 14.5 Å². The first kappa shape index (κ1) is 18.6. The second-order valence-electron chi connectivity index (χ2n) is 6.93. The van der Waals surface area contributed by atoms with E-state index >= 15 is 0 Å². The van der Waals surface area contributed by atoms with Crippen molar-refractivity contribution in [3.8, 4) is 11.3 Å². The van der Waals surface area contributed by atoms with Crippen molar-refractivity contribution in [2.45, 2.75) is 12.5 Å². The predicted octanol–water partition coefficient (Wildman–Crippen LogP) is 3.93. The van der Waals surface area contributed by atoms with Crippen molar-refractivity contribution in [2.24, 2.45) is 7.05 Å². The molecule has 0 saturated heterocycles. The standard InChI is InChI=1S/C24H22N4O/c1-28-17-21(16-27-28)22-13-12-18(14-25-22)15-26-24(29)23(19-8-4-2-5-9-19)20-10-6-3-7-11-20/h2-14,16-17,23H,15H2,1H3,(H,26,29). The van der Waals surface area contributed by atoms with Crippen LogP contribution in [0.15, 0.2) is 91.4 Å². The third-order valence-electron chi connectivity index (χ3n) is 4.82. The molecule has 5 heteroatoms. The Morgan fingerprint density at radius 3 is 2.10 bits per heavy atom. The van der Waals surface area contributed by atoms with Crippen molar-refractivity contribution < 1.29 is 4.79 Å². The molecule has 2 heterocycles. The molecule has 29 heavy (non-hydrogen) atoms. The van der Waals surface area contributed by atoms with E-state index in [2.05, 4.69) is 15.4 Å². The fourth-order valence-corrected chi connectivity index (χ4v) is 3.33. The molecule has 0 aliphatic carbocycles. The molecule has 0 spiro atoms. The molecule has 2 aromatic heterocycles. The van der Waals surface area contributed by atoms with Crippen LogP contribution in [0.4, 0.5) is 0 Å². The van der Waals surface area contributed by atoms with Crippen molar-refractivity contribution in [2.75, 3.05) is 0 Å². The van der Waals surface area contributed by atoms with Crippen LogP contribution in [0.3, 0.4) is 0 Å². The molecule has 4 rings (SSSR count). The van der Waals surface area contributed by atoms with Gasteiger partial charge in [-0.1, -0.05) is 66.7 Å². The maximum absolute atomic E-state index is 13.1. The van der Waals surface area contributed by atoms with Crippen LogP contribution in [0.1, 0.15) is 22.6 Å². The number of nitrogens with zero attached hydrogens (tertiary/aromatic N) is 3. The number of aromatic nitrogens is 3. The summed E-state index contributed by atoms with van der Waals surface area (Å²) in [7, 11) is 1.88. The summed E-state index contributed by atoms with van der Waals surface area (Å²) in [6.07, 6.45) is 5.50.